The number of hydrogen-bond acceptors (Lipinski definition) is 6. The second-order valence-corrected chi connectivity index (χ2v) is 11.3. The van der Waals surface area contributed by atoms with Gasteiger partial charge in [0.1, 0.15) is 0 Å². The molecule has 0 radical (unpaired) electrons. The second kappa shape index (κ2) is 9.14. The molecule has 31 heavy (non-hydrogen) atoms. The van der Waals surface area contributed by atoms with Gasteiger partial charge in [-0.25, -0.2) is 13.4 Å². The van der Waals surface area contributed by atoms with Crippen LogP contribution in [-0.2, 0) is 14.6 Å². The third-order valence-electron chi connectivity index (χ3n) is 5.41. The molecule has 1 aromatic heterocycles. The maximum atomic E-state index is 12.6. The molecule has 2 heterocycles. The van der Waals surface area contributed by atoms with Crippen molar-refractivity contribution >= 4 is 54.0 Å². The fourth-order valence-corrected chi connectivity index (χ4v) is 6.19. The van der Waals surface area contributed by atoms with Gasteiger partial charge in [0.2, 0.25) is 5.91 Å². The van der Waals surface area contributed by atoms with Crippen LogP contribution in [0.15, 0.2) is 47.4 Å². The Hall–Kier alpha value is -2.16. The van der Waals surface area contributed by atoms with Crippen molar-refractivity contribution < 1.29 is 13.2 Å². The number of fused-ring (bicyclic) bond motifs is 1. The molecule has 4 rings (SSSR count). The minimum atomic E-state index is -3.41. The number of anilines is 1. The lowest BCUT2D eigenvalue weighted by molar-refractivity contribution is -0.131. The molecule has 6 nitrogen and oxygen atoms in total. The first-order valence-electron chi connectivity index (χ1n) is 10.2. The molecule has 0 atom stereocenters. The van der Waals surface area contributed by atoms with E-state index in [4.69, 9.17) is 16.6 Å². The maximum Gasteiger partial charge on any atom is 0.222 e. The van der Waals surface area contributed by atoms with Crippen LogP contribution < -0.4 is 4.90 Å². The highest BCUT2D eigenvalue weighted by Gasteiger charge is 2.23. The van der Waals surface area contributed by atoms with Gasteiger partial charge < -0.3 is 9.80 Å². The lowest BCUT2D eigenvalue weighted by Crippen LogP contribution is -2.48. The summed E-state index contributed by atoms with van der Waals surface area (Å²) < 4.78 is 26.0. The van der Waals surface area contributed by atoms with Gasteiger partial charge in [0.25, 0.3) is 0 Å². The fourth-order valence-electron chi connectivity index (χ4n) is 3.63. The summed E-state index contributed by atoms with van der Waals surface area (Å²) in [6.07, 6.45) is 0.536. The Morgan fingerprint density at radius 1 is 1.10 bits per heavy atom. The summed E-state index contributed by atoms with van der Waals surface area (Å²) in [5, 5.41) is 1.48. The number of carbonyl (C=O) groups excluding carboxylic acids is 1. The van der Waals surface area contributed by atoms with E-state index in [1.54, 1.807) is 23.5 Å². The number of halogens is 1. The number of amides is 1. The Labute approximate surface area is 191 Å². The van der Waals surface area contributed by atoms with Gasteiger partial charge in [-0.3, -0.25) is 4.79 Å². The van der Waals surface area contributed by atoms with E-state index in [1.165, 1.54) is 22.4 Å². The van der Waals surface area contributed by atoms with Crippen molar-refractivity contribution in [1.82, 2.24) is 9.88 Å². The van der Waals surface area contributed by atoms with Gasteiger partial charge in [-0.2, -0.15) is 0 Å². The average molecular weight is 478 g/mol. The highest BCUT2D eigenvalue weighted by Crippen LogP contribution is 2.30. The lowest BCUT2D eigenvalue weighted by atomic mass is 10.2. The first-order chi connectivity index (χ1) is 14.8. The minimum absolute atomic E-state index is 0.00545. The van der Waals surface area contributed by atoms with E-state index in [0.29, 0.717) is 24.5 Å². The molecule has 1 saturated heterocycles. The number of piperazine rings is 1. The van der Waals surface area contributed by atoms with Crippen LogP contribution in [0, 0.1) is 6.92 Å². The SMILES string of the molecule is Cc1ccc2nc(N3CCN(C(=O)CCCS(=O)(=O)c4ccc(Cl)cc4)CC3)sc2c1. The fraction of sp³-hybridized carbons (Fsp3) is 0.364. The molecule has 164 valence electrons. The zero-order valence-corrected chi connectivity index (χ0v) is 19.6. The number of aromatic nitrogens is 1. The van der Waals surface area contributed by atoms with Gasteiger partial charge in [0, 0.05) is 37.6 Å². The van der Waals surface area contributed by atoms with Crippen molar-refractivity contribution in [2.75, 3.05) is 36.8 Å². The molecule has 1 aliphatic rings. The normalized spacial score (nSPS) is 14.9. The van der Waals surface area contributed by atoms with Crippen LogP contribution in [-0.4, -0.2) is 56.1 Å². The molecular weight excluding hydrogens is 454 g/mol. The molecule has 0 spiro atoms. The van der Waals surface area contributed by atoms with E-state index in [-0.39, 0.29) is 23.0 Å². The number of carbonyl (C=O) groups is 1. The molecule has 0 saturated carbocycles. The molecule has 0 aliphatic carbocycles. The smallest absolute Gasteiger partial charge is 0.222 e. The van der Waals surface area contributed by atoms with Crippen molar-refractivity contribution in [2.24, 2.45) is 0 Å². The van der Waals surface area contributed by atoms with Crippen LogP contribution >= 0.6 is 22.9 Å². The topological polar surface area (TPSA) is 70.6 Å². The van der Waals surface area contributed by atoms with E-state index in [1.807, 2.05) is 11.0 Å². The summed E-state index contributed by atoms with van der Waals surface area (Å²) in [6, 6.07) is 12.4. The standard InChI is InChI=1S/C22H24ClN3O3S2/c1-16-4-9-19-20(15-16)30-22(24-19)26-12-10-25(11-13-26)21(27)3-2-14-31(28,29)18-7-5-17(23)6-8-18/h4-9,15H,2-3,10-14H2,1H3. The Morgan fingerprint density at radius 3 is 2.52 bits per heavy atom. The third kappa shape index (κ3) is 5.19. The zero-order valence-electron chi connectivity index (χ0n) is 17.3. The predicted octanol–water partition coefficient (Wildman–Crippen LogP) is 4.16. The third-order valence-corrected chi connectivity index (χ3v) is 8.56. The Morgan fingerprint density at radius 2 is 1.81 bits per heavy atom. The monoisotopic (exact) mass is 477 g/mol. The number of rotatable bonds is 6. The van der Waals surface area contributed by atoms with Gasteiger partial charge in [-0.05, 0) is 55.3 Å². The van der Waals surface area contributed by atoms with Gasteiger partial charge in [0.05, 0.1) is 20.9 Å². The summed E-state index contributed by atoms with van der Waals surface area (Å²) in [7, 11) is -3.41. The highest BCUT2D eigenvalue weighted by molar-refractivity contribution is 7.91. The molecule has 1 aliphatic heterocycles. The minimum Gasteiger partial charge on any atom is -0.345 e. The van der Waals surface area contributed by atoms with Crippen LogP contribution in [0.5, 0.6) is 0 Å². The summed E-state index contributed by atoms with van der Waals surface area (Å²) in [5.74, 6) is -0.0447. The van der Waals surface area contributed by atoms with Crippen molar-refractivity contribution in [3.63, 3.8) is 0 Å². The first-order valence-corrected chi connectivity index (χ1v) is 13.0. The van der Waals surface area contributed by atoms with Gasteiger partial charge >= 0.3 is 0 Å². The molecule has 0 unspecified atom stereocenters. The van der Waals surface area contributed by atoms with Gasteiger partial charge in [-0.1, -0.05) is 29.0 Å². The van der Waals surface area contributed by atoms with Crippen molar-refractivity contribution in [3.05, 3.63) is 53.1 Å². The number of nitrogens with zero attached hydrogens (tertiary/aromatic N) is 3. The molecule has 2 aromatic carbocycles. The Kier molecular flexibility index (Phi) is 6.50. The number of aryl methyl sites for hydroxylation is 1. The van der Waals surface area contributed by atoms with Gasteiger partial charge in [-0.15, -0.1) is 0 Å². The Balaban J connectivity index is 1.27. The van der Waals surface area contributed by atoms with Crippen molar-refractivity contribution in [2.45, 2.75) is 24.7 Å². The molecule has 3 aromatic rings. The van der Waals surface area contributed by atoms with E-state index in [2.05, 4.69) is 24.0 Å². The summed E-state index contributed by atoms with van der Waals surface area (Å²) in [4.78, 5) is 21.6. The average Bonchev–Trinajstić information content (AvgIpc) is 3.17. The van der Waals surface area contributed by atoms with Crippen LogP contribution in [0.3, 0.4) is 0 Å². The number of sulfone groups is 1. The highest BCUT2D eigenvalue weighted by atomic mass is 35.5. The molecule has 9 heteroatoms. The van der Waals surface area contributed by atoms with Crippen LogP contribution in [0.2, 0.25) is 5.02 Å². The van der Waals surface area contributed by atoms with Gasteiger partial charge in [0.15, 0.2) is 15.0 Å². The molecule has 0 bridgehead atoms. The van der Waals surface area contributed by atoms with Crippen LogP contribution in [0.4, 0.5) is 5.13 Å². The van der Waals surface area contributed by atoms with Crippen LogP contribution in [0.25, 0.3) is 10.2 Å². The quantitative estimate of drug-likeness (QED) is 0.533. The second-order valence-electron chi connectivity index (χ2n) is 7.71. The molecule has 1 amide bonds. The number of thiazole rings is 1. The lowest BCUT2D eigenvalue weighted by Gasteiger charge is -2.34. The maximum absolute atomic E-state index is 12.6. The largest absolute Gasteiger partial charge is 0.345 e. The summed E-state index contributed by atoms with van der Waals surface area (Å²) in [5.41, 5.74) is 2.22. The Bertz CT molecular complexity index is 1180. The van der Waals surface area contributed by atoms with E-state index >= 15 is 0 Å². The number of hydrogen-bond donors (Lipinski definition) is 0. The molecule has 1 fully saturated rings. The van der Waals surface area contributed by atoms with Crippen molar-refractivity contribution in [1.29, 1.82) is 0 Å². The molecular formula is C22H24ClN3O3S2. The number of benzene rings is 2. The summed E-state index contributed by atoms with van der Waals surface area (Å²) >= 11 is 7.50. The summed E-state index contributed by atoms with van der Waals surface area (Å²) in [6.45, 7) is 4.78. The first kappa shape index (κ1) is 22.0. The van der Waals surface area contributed by atoms with Crippen LogP contribution in [0.1, 0.15) is 18.4 Å². The van der Waals surface area contributed by atoms with E-state index in [0.717, 1.165) is 23.7 Å². The molecule has 0 N–H and O–H groups in total. The van der Waals surface area contributed by atoms with E-state index in [9.17, 15) is 13.2 Å². The predicted molar refractivity (Wildman–Crippen MR) is 126 cm³/mol. The zero-order chi connectivity index (χ0) is 22.0. The van der Waals surface area contributed by atoms with E-state index < -0.39 is 9.84 Å². The van der Waals surface area contributed by atoms with Crippen molar-refractivity contribution in [3.8, 4) is 0 Å².